The summed E-state index contributed by atoms with van der Waals surface area (Å²) in [6.45, 7) is 2.85. The molecule has 3 rings (SSSR count). The van der Waals surface area contributed by atoms with Crippen molar-refractivity contribution in [3.8, 4) is 10.6 Å². The number of benzene rings is 1. The third-order valence-electron chi connectivity index (χ3n) is 3.00. The Bertz CT molecular complexity index is 692. The average molecular weight is 281 g/mol. The molecule has 1 N–H and O–H groups in total. The topological polar surface area (TPSA) is 37.8 Å². The van der Waals surface area contributed by atoms with E-state index in [9.17, 15) is 0 Å². The highest BCUT2D eigenvalue weighted by molar-refractivity contribution is 7.13. The van der Waals surface area contributed by atoms with Gasteiger partial charge in [0.1, 0.15) is 5.69 Å². The van der Waals surface area contributed by atoms with Crippen molar-refractivity contribution >= 4 is 17.2 Å². The van der Waals surface area contributed by atoms with Crippen molar-refractivity contribution in [3.63, 3.8) is 0 Å². The Morgan fingerprint density at radius 2 is 2.00 bits per heavy atom. The Morgan fingerprint density at radius 3 is 2.80 bits per heavy atom. The van der Waals surface area contributed by atoms with E-state index in [0.717, 1.165) is 22.9 Å². The molecule has 3 nitrogen and oxygen atoms in total. The molecule has 0 aliphatic rings. The molecule has 0 fully saturated rings. The van der Waals surface area contributed by atoms with Gasteiger partial charge >= 0.3 is 0 Å². The third-order valence-corrected chi connectivity index (χ3v) is 3.87. The van der Waals surface area contributed by atoms with E-state index in [1.165, 1.54) is 11.1 Å². The lowest BCUT2D eigenvalue weighted by Gasteiger charge is -2.09. The molecule has 0 bridgehead atoms. The van der Waals surface area contributed by atoms with Crippen molar-refractivity contribution in [1.29, 1.82) is 0 Å². The fourth-order valence-corrected chi connectivity index (χ4v) is 2.79. The van der Waals surface area contributed by atoms with Gasteiger partial charge in [-0.15, -0.1) is 11.3 Å². The first-order valence-corrected chi connectivity index (χ1v) is 7.35. The van der Waals surface area contributed by atoms with Crippen LogP contribution in [0.4, 0.5) is 5.82 Å². The van der Waals surface area contributed by atoms with Crippen LogP contribution in [0.1, 0.15) is 11.1 Å². The van der Waals surface area contributed by atoms with E-state index < -0.39 is 0 Å². The molecule has 0 atom stereocenters. The van der Waals surface area contributed by atoms with E-state index in [1.807, 2.05) is 11.4 Å². The van der Waals surface area contributed by atoms with Crippen molar-refractivity contribution in [2.24, 2.45) is 0 Å². The van der Waals surface area contributed by atoms with Crippen LogP contribution in [-0.2, 0) is 6.54 Å². The van der Waals surface area contributed by atoms with E-state index in [2.05, 4.69) is 52.5 Å². The van der Waals surface area contributed by atoms with Gasteiger partial charge in [0.2, 0.25) is 0 Å². The van der Waals surface area contributed by atoms with Gasteiger partial charge in [-0.2, -0.15) is 0 Å². The van der Waals surface area contributed by atoms with Crippen molar-refractivity contribution in [2.75, 3.05) is 5.32 Å². The van der Waals surface area contributed by atoms with Gasteiger partial charge in [-0.1, -0.05) is 35.9 Å². The smallest absolute Gasteiger partial charge is 0.153 e. The van der Waals surface area contributed by atoms with Crippen LogP contribution in [0.2, 0.25) is 0 Å². The van der Waals surface area contributed by atoms with E-state index in [1.54, 1.807) is 23.7 Å². The van der Waals surface area contributed by atoms with E-state index in [4.69, 9.17) is 0 Å². The summed E-state index contributed by atoms with van der Waals surface area (Å²) in [6, 6.07) is 12.5. The third kappa shape index (κ3) is 2.86. The van der Waals surface area contributed by atoms with Crippen molar-refractivity contribution in [2.45, 2.75) is 13.5 Å². The normalized spacial score (nSPS) is 10.4. The van der Waals surface area contributed by atoms with Crippen LogP contribution in [0.25, 0.3) is 10.6 Å². The van der Waals surface area contributed by atoms with Crippen LogP contribution < -0.4 is 5.32 Å². The van der Waals surface area contributed by atoms with E-state index in [-0.39, 0.29) is 0 Å². The minimum atomic E-state index is 0.749. The average Bonchev–Trinajstić information content (AvgIpc) is 3.00. The zero-order valence-corrected chi connectivity index (χ0v) is 12.0. The molecular weight excluding hydrogens is 266 g/mol. The number of nitrogens with one attached hydrogen (secondary N) is 1. The molecule has 0 amide bonds. The molecule has 2 aromatic heterocycles. The minimum absolute atomic E-state index is 0.749. The molecule has 0 aliphatic heterocycles. The Labute approximate surface area is 122 Å². The van der Waals surface area contributed by atoms with Gasteiger partial charge in [-0.05, 0) is 23.9 Å². The maximum atomic E-state index is 4.44. The standard InChI is InChI=1S/C16H15N3S/c1-12-4-2-5-13(10-12)11-19-16-15(17-7-8-18-16)14-6-3-9-20-14/h2-10H,11H2,1H3,(H,18,19). The molecule has 0 radical (unpaired) electrons. The van der Waals surface area contributed by atoms with Gasteiger partial charge in [-0.25, -0.2) is 9.97 Å². The SMILES string of the molecule is Cc1cccc(CNc2nccnc2-c2cccs2)c1. The fourth-order valence-electron chi connectivity index (χ4n) is 2.07. The van der Waals surface area contributed by atoms with E-state index in [0.29, 0.717) is 0 Å². The van der Waals surface area contributed by atoms with Crippen LogP contribution in [0.15, 0.2) is 54.2 Å². The second-order valence-electron chi connectivity index (χ2n) is 4.57. The summed E-state index contributed by atoms with van der Waals surface area (Å²) in [5.74, 6) is 0.830. The number of hydrogen-bond acceptors (Lipinski definition) is 4. The predicted octanol–water partition coefficient (Wildman–Crippen LogP) is 4.13. The molecule has 0 saturated carbocycles. The highest BCUT2D eigenvalue weighted by Gasteiger charge is 2.08. The summed E-state index contributed by atoms with van der Waals surface area (Å²) >= 11 is 1.67. The highest BCUT2D eigenvalue weighted by Crippen LogP contribution is 2.27. The summed E-state index contributed by atoms with van der Waals surface area (Å²) in [4.78, 5) is 9.97. The number of hydrogen-bond donors (Lipinski definition) is 1. The molecule has 20 heavy (non-hydrogen) atoms. The fraction of sp³-hybridized carbons (Fsp3) is 0.125. The number of anilines is 1. The molecule has 4 heteroatoms. The Hall–Kier alpha value is -2.20. The maximum Gasteiger partial charge on any atom is 0.153 e. The van der Waals surface area contributed by atoms with E-state index >= 15 is 0 Å². The van der Waals surface area contributed by atoms with Gasteiger partial charge in [0, 0.05) is 18.9 Å². The van der Waals surface area contributed by atoms with Crippen LogP contribution in [-0.4, -0.2) is 9.97 Å². The van der Waals surface area contributed by atoms with Crippen LogP contribution in [0.3, 0.4) is 0 Å². The summed E-state index contributed by atoms with van der Waals surface area (Å²) in [7, 11) is 0. The Kier molecular flexibility index (Phi) is 3.74. The molecular formula is C16H15N3S. The lowest BCUT2D eigenvalue weighted by molar-refractivity contribution is 1.09. The summed E-state index contributed by atoms with van der Waals surface area (Å²) in [6.07, 6.45) is 3.45. The number of aromatic nitrogens is 2. The first-order chi connectivity index (χ1) is 9.83. The lowest BCUT2D eigenvalue weighted by atomic mass is 10.1. The zero-order chi connectivity index (χ0) is 13.8. The quantitative estimate of drug-likeness (QED) is 0.781. The van der Waals surface area contributed by atoms with Crippen molar-refractivity contribution < 1.29 is 0 Å². The molecule has 100 valence electrons. The molecule has 1 aromatic carbocycles. The molecule has 0 spiro atoms. The van der Waals surface area contributed by atoms with Gasteiger partial charge in [0.05, 0.1) is 4.88 Å². The molecule has 0 saturated heterocycles. The molecule has 0 unspecified atom stereocenters. The Balaban J connectivity index is 1.81. The lowest BCUT2D eigenvalue weighted by Crippen LogP contribution is -2.03. The number of rotatable bonds is 4. The molecule has 0 aliphatic carbocycles. The second-order valence-corrected chi connectivity index (χ2v) is 5.52. The van der Waals surface area contributed by atoms with Crippen molar-refractivity contribution in [1.82, 2.24) is 9.97 Å². The summed E-state index contributed by atoms with van der Waals surface area (Å²) in [5.41, 5.74) is 3.42. The number of thiophene rings is 1. The number of nitrogens with zero attached hydrogens (tertiary/aromatic N) is 2. The highest BCUT2D eigenvalue weighted by atomic mass is 32.1. The van der Waals surface area contributed by atoms with Crippen LogP contribution >= 0.6 is 11.3 Å². The maximum absolute atomic E-state index is 4.44. The summed E-state index contributed by atoms with van der Waals surface area (Å²) in [5, 5.41) is 5.43. The second kappa shape index (κ2) is 5.84. The minimum Gasteiger partial charge on any atom is -0.364 e. The van der Waals surface area contributed by atoms with Gasteiger partial charge in [-0.3, -0.25) is 0 Å². The van der Waals surface area contributed by atoms with Crippen LogP contribution in [0, 0.1) is 6.92 Å². The van der Waals surface area contributed by atoms with Gasteiger partial charge < -0.3 is 5.32 Å². The Morgan fingerprint density at radius 1 is 1.10 bits per heavy atom. The molecule has 3 aromatic rings. The van der Waals surface area contributed by atoms with Crippen LogP contribution in [0.5, 0.6) is 0 Å². The number of aryl methyl sites for hydroxylation is 1. The predicted molar refractivity (Wildman–Crippen MR) is 83.9 cm³/mol. The largest absolute Gasteiger partial charge is 0.364 e. The first-order valence-electron chi connectivity index (χ1n) is 6.47. The summed E-state index contributed by atoms with van der Waals surface area (Å²) < 4.78 is 0. The zero-order valence-electron chi connectivity index (χ0n) is 11.2. The molecule has 2 heterocycles. The van der Waals surface area contributed by atoms with Crippen molar-refractivity contribution in [3.05, 3.63) is 65.3 Å². The monoisotopic (exact) mass is 281 g/mol. The van der Waals surface area contributed by atoms with Gasteiger partial charge in [0.25, 0.3) is 0 Å². The van der Waals surface area contributed by atoms with Gasteiger partial charge in [0.15, 0.2) is 5.82 Å². The first kappa shape index (κ1) is 12.8.